The maximum absolute atomic E-state index is 13.6. The second-order valence-electron chi connectivity index (χ2n) is 6.01. The monoisotopic (exact) mass is 290 g/mol. The van der Waals surface area contributed by atoms with Crippen molar-refractivity contribution in [2.24, 2.45) is 0 Å². The lowest BCUT2D eigenvalue weighted by Gasteiger charge is -2.16. The third kappa shape index (κ3) is 3.45. The topological polar surface area (TPSA) is 61.9 Å². The predicted octanol–water partition coefficient (Wildman–Crippen LogP) is 2.51. The molecule has 2 aromatic rings. The first-order valence-electron chi connectivity index (χ1n) is 6.71. The minimum absolute atomic E-state index is 0.0961. The maximum Gasteiger partial charge on any atom is 0.293 e. The molecule has 1 N–H and O–H groups in total. The maximum atomic E-state index is 13.6. The second-order valence-corrected chi connectivity index (χ2v) is 6.01. The summed E-state index contributed by atoms with van der Waals surface area (Å²) in [4.78, 5) is 17.9. The highest BCUT2D eigenvalue weighted by molar-refractivity contribution is 5.90. The standard InChI is InChI=1S/C15H19FN4O/c1-15(2,3)14-17-12(18-19-14)13(21)20(4)9-10-7-5-6-8-11(10)16/h5-8H,9H2,1-4H3,(H,17,18,19). The van der Waals surface area contributed by atoms with Gasteiger partial charge in [0.1, 0.15) is 11.6 Å². The highest BCUT2D eigenvalue weighted by Gasteiger charge is 2.23. The van der Waals surface area contributed by atoms with Crippen molar-refractivity contribution >= 4 is 5.91 Å². The van der Waals surface area contributed by atoms with E-state index in [2.05, 4.69) is 15.2 Å². The number of hydrogen-bond acceptors (Lipinski definition) is 3. The molecule has 0 aliphatic carbocycles. The quantitative estimate of drug-likeness (QED) is 0.944. The molecule has 0 atom stereocenters. The van der Waals surface area contributed by atoms with Crippen molar-refractivity contribution in [2.45, 2.75) is 32.7 Å². The van der Waals surface area contributed by atoms with E-state index in [-0.39, 0.29) is 29.5 Å². The first-order chi connectivity index (χ1) is 9.79. The number of benzene rings is 1. The summed E-state index contributed by atoms with van der Waals surface area (Å²) in [6.07, 6.45) is 0. The molecule has 0 spiro atoms. The molecule has 0 radical (unpaired) electrons. The van der Waals surface area contributed by atoms with Gasteiger partial charge in [-0.2, -0.15) is 0 Å². The smallest absolute Gasteiger partial charge is 0.293 e. The fraction of sp³-hybridized carbons (Fsp3) is 0.400. The van der Waals surface area contributed by atoms with Gasteiger partial charge in [-0.15, -0.1) is 5.10 Å². The van der Waals surface area contributed by atoms with Crippen molar-refractivity contribution < 1.29 is 9.18 Å². The van der Waals surface area contributed by atoms with Crippen molar-refractivity contribution in [1.29, 1.82) is 0 Å². The van der Waals surface area contributed by atoms with E-state index in [4.69, 9.17) is 0 Å². The molecule has 0 bridgehead atoms. The number of carbonyl (C=O) groups excluding carboxylic acids is 1. The van der Waals surface area contributed by atoms with E-state index >= 15 is 0 Å². The first kappa shape index (κ1) is 15.2. The molecule has 5 nitrogen and oxygen atoms in total. The third-order valence-corrected chi connectivity index (χ3v) is 3.10. The van der Waals surface area contributed by atoms with Crippen molar-refractivity contribution in [2.75, 3.05) is 7.05 Å². The van der Waals surface area contributed by atoms with Gasteiger partial charge in [0.05, 0.1) is 0 Å². The summed E-state index contributed by atoms with van der Waals surface area (Å²) in [7, 11) is 1.60. The summed E-state index contributed by atoms with van der Waals surface area (Å²) >= 11 is 0. The Morgan fingerprint density at radius 3 is 2.57 bits per heavy atom. The molecule has 0 fully saturated rings. The van der Waals surface area contributed by atoms with E-state index in [1.165, 1.54) is 11.0 Å². The van der Waals surface area contributed by atoms with Gasteiger partial charge >= 0.3 is 0 Å². The summed E-state index contributed by atoms with van der Waals surface area (Å²) in [5, 5.41) is 6.72. The van der Waals surface area contributed by atoms with E-state index < -0.39 is 0 Å². The van der Waals surface area contributed by atoms with Gasteiger partial charge in [-0.1, -0.05) is 39.0 Å². The van der Waals surface area contributed by atoms with Crippen LogP contribution in [0.1, 0.15) is 42.8 Å². The summed E-state index contributed by atoms with van der Waals surface area (Å²) in [6.45, 7) is 6.10. The number of hydrogen-bond donors (Lipinski definition) is 1. The molecule has 0 unspecified atom stereocenters. The number of amides is 1. The molecule has 1 heterocycles. The van der Waals surface area contributed by atoms with Crippen LogP contribution in [0.25, 0.3) is 0 Å². The fourth-order valence-electron chi connectivity index (χ4n) is 1.82. The molecular formula is C15H19FN4O. The van der Waals surface area contributed by atoms with Crippen molar-refractivity contribution in [3.8, 4) is 0 Å². The summed E-state index contributed by atoms with van der Waals surface area (Å²) in [5.74, 6) is 0.0661. The van der Waals surface area contributed by atoms with E-state index in [1.54, 1.807) is 25.2 Å². The van der Waals surface area contributed by atoms with Gasteiger partial charge in [0, 0.05) is 24.6 Å². The fourth-order valence-corrected chi connectivity index (χ4v) is 1.82. The first-order valence-corrected chi connectivity index (χ1v) is 6.71. The van der Waals surface area contributed by atoms with Gasteiger partial charge < -0.3 is 4.90 Å². The van der Waals surface area contributed by atoms with Crippen LogP contribution in [0.15, 0.2) is 24.3 Å². The van der Waals surface area contributed by atoms with Crippen LogP contribution < -0.4 is 0 Å². The lowest BCUT2D eigenvalue weighted by molar-refractivity contribution is 0.0772. The number of nitrogens with zero attached hydrogens (tertiary/aromatic N) is 3. The zero-order valence-electron chi connectivity index (χ0n) is 12.6. The van der Waals surface area contributed by atoms with Crippen LogP contribution in [0, 0.1) is 5.82 Å². The van der Waals surface area contributed by atoms with Gasteiger partial charge in [-0.3, -0.25) is 9.89 Å². The third-order valence-electron chi connectivity index (χ3n) is 3.10. The number of aromatic amines is 1. The van der Waals surface area contributed by atoms with Crippen LogP contribution in [0.2, 0.25) is 0 Å². The molecular weight excluding hydrogens is 271 g/mol. The molecule has 0 aliphatic rings. The number of carbonyl (C=O) groups is 1. The van der Waals surface area contributed by atoms with Crippen LogP contribution in [-0.4, -0.2) is 33.0 Å². The summed E-state index contributed by atoms with van der Waals surface area (Å²) in [6, 6.07) is 6.38. The minimum Gasteiger partial charge on any atom is -0.334 e. The Morgan fingerprint density at radius 1 is 1.33 bits per heavy atom. The predicted molar refractivity (Wildman–Crippen MR) is 77.3 cm³/mol. The number of nitrogens with one attached hydrogen (secondary N) is 1. The molecule has 1 aromatic heterocycles. The Hall–Kier alpha value is -2.24. The average molecular weight is 290 g/mol. The Morgan fingerprint density at radius 2 is 2.00 bits per heavy atom. The zero-order chi connectivity index (χ0) is 15.6. The minimum atomic E-state index is -0.343. The van der Waals surface area contributed by atoms with E-state index in [1.807, 2.05) is 20.8 Å². The molecule has 0 saturated heterocycles. The average Bonchev–Trinajstić information content (AvgIpc) is 2.90. The number of H-pyrrole nitrogens is 1. The van der Waals surface area contributed by atoms with Crippen LogP contribution in [0.3, 0.4) is 0 Å². The normalized spacial score (nSPS) is 11.5. The summed E-state index contributed by atoms with van der Waals surface area (Å²) in [5.41, 5.74) is 0.246. The highest BCUT2D eigenvalue weighted by atomic mass is 19.1. The molecule has 112 valence electrons. The molecule has 6 heteroatoms. The Labute approximate surface area is 123 Å². The van der Waals surface area contributed by atoms with Crippen molar-refractivity contribution in [3.05, 3.63) is 47.3 Å². The molecule has 2 rings (SSSR count). The Bertz CT molecular complexity index is 645. The zero-order valence-corrected chi connectivity index (χ0v) is 12.6. The lowest BCUT2D eigenvalue weighted by atomic mass is 9.96. The second kappa shape index (κ2) is 5.63. The Kier molecular flexibility index (Phi) is 4.06. The van der Waals surface area contributed by atoms with Gasteiger partial charge in [-0.05, 0) is 6.07 Å². The van der Waals surface area contributed by atoms with Crippen LogP contribution in [0.5, 0.6) is 0 Å². The number of halogens is 1. The van der Waals surface area contributed by atoms with Gasteiger partial charge in [-0.25, -0.2) is 9.37 Å². The van der Waals surface area contributed by atoms with Gasteiger partial charge in [0.15, 0.2) is 0 Å². The van der Waals surface area contributed by atoms with Crippen LogP contribution in [-0.2, 0) is 12.0 Å². The van der Waals surface area contributed by atoms with Crippen LogP contribution in [0.4, 0.5) is 4.39 Å². The van der Waals surface area contributed by atoms with Gasteiger partial charge in [0.2, 0.25) is 5.82 Å². The van der Waals surface area contributed by atoms with E-state index in [0.717, 1.165) is 0 Å². The van der Waals surface area contributed by atoms with E-state index in [0.29, 0.717) is 11.4 Å². The Balaban J connectivity index is 2.13. The largest absolute Gasteiger partial charge is 0.334 e. The molecule has 0 aliphatic heterocycles. The molecule has 0 saturated carbocycles. The van der Waals surface area contributed by atoms with Crippen molar-refractivity contribution in [3.63, 3.8) is 0 Å². The summed E-state index contributed by atoms with van der Waals surface area (Å²) < 4.78 is 13.6. The highest BCUT2D eigenvalue weighted by Crippen LogP contribution is 2.18. The number of rotatable bonds is 3. The van der Waals surface area contributed by atoms with E-state index in [9.17, 15) is 9.18 Å². The molecule has 1 amide bonds. The van der Waals surface area contributed by atoms with Crippen molar-refractivity contribution in [1.82, 2.24) is 20.1 Å². The van der Waals surface area contributed by atoms with Gasteiger partial charge in [0.25, 0.3) is 5.91 Å². The lowest BCUT2D eigenvalue weighted by Crippen LogP contribution is -2.27. The molecule has 21 heavy (non-hydrogen) atoms. The van der Waals surface area contributed by atoms with Crippen LogP contribution >= 0.6 is 0 Å². The number of aromatic nitrogens is 3. The molecule has 1 aromatic carbocycles. The SMILES string of the molecule is CN(Cc1ccccc1F)C(=O)c1n[nH]c(C(C)(C)C)n1.